The van der Waals surface area contributed by atoms with Gasteiger partial charge in [0.2, 0.25) is 0 Å². The van der Waals surface area contributed by atoms with Crippen LogP contribution in [0.4, 0.5) is 0 Å². The number of hydrogen-bond acceptors (Lipinski definition) is 4. The average Bonchev–Trinajstić information content (AvgIpc) is 2.58. The summed E-state index contributed by atoms with van der Waals surface area (Å²) in [6, 6.07) is 14.9. The van der Waals surface area contributed by atoms with Crippen molar-refractivity contribution in [1.29, 1.82) is 0 Å². The maximum Gasteiger partial charge on any atom is 0.347 e. The van der Waals surface area contributed by atoms with Crippen molar-refractivity contribution < 1.29 is 9.21 Å². The summed E-state index contributed by atoms with van der Waals surface area (Å²) in [7, 11) is 0. The minimum absolute atomic E-state index is 0.0695. The smallest absolute Gasteiger partial charge is 0.347 e. The molecule has 0 aliphatic heterocycles. The van der Waals surface area contributed by atoms with E-state index in [1.807, 2.05) is 0 Å². The summed E-state index contributed by atoms with van der Waals surface area (Å²) in [5.74, 6) is -0.643. The Balaban J connectivity index is 1.87. The van der Waals surface area contributed by atoms with E-state index in [4.69, 9.17) is 21.8 Å². The van der Waals surface area contributed by atoms with Gasteiger partial charge in [-0.1, -0.05) is 35.9 Å². The van der Waals surface area contributed by atoms with Crippen LogP contribution in [0.3, 0.4) is 0 Å². The maximum atomic E-state index is 12.0. The van der Waals surface area contributed by atoms with Gasteiger partial charge in [0.05, 0.1) is 0 Å². The molecule has 3 N–H and O–H groups in total. The Morgan fingerprint density at radius 1 is 1.12 bits per heavy atom. The molecule has 7 heteroatoms. The van der Waals surface area contributed by atoms with Gasteiger partial charge >= 0.3 is 5.63 Å². The molecule has 1 amide bonds. The molecule has 0 atom stereocenters. The van der Waals surface area contributed by atoms with Crippen LogP contribution >= 0.6 is 11.6 Å². The molecule has 2 aromatic carbocycles. The highest BCUT2D eigenvalue weighted by atomic mass is 35.5. The third-order valence-electron chi connectivity index (χ3n) is 3.28. The number of nitrogens with two attached hydrogens (primary N) is 1. The molecule has 0 radical (unpaired) electrons. The normalized spacial score (nSPS) is 11.5. The summed E-state index contributed by atoms with van der Waals surface area (Å²) in [5.41, 5.74) is 8.28. The maximum absolute atomic E-state index is 12.0. The zero-order chi connectivity index (χ0) is 17.1. The topological polar surface area (TPSA) is 97.7 Å². The van der Waals surface area contributed by atoms with Crippen molar-refractivity contribution in [3.05, 3.63) is 81.2 Å². The van der Waals surface area contributed by atoms with Gasteiger partial charge in [-0.25, -0.2) is 10.2 Å². The second kappa shape index (κ2) is 6.55. The van der Waals surface area contributed by atoms with Gasteiger partial charge in [0.25, 0.3) is 5.91 Å². The zero-order valence-corrected chi connectivity index (χ0v) is 13.1. The molecule has 3 aromatic rings. The molecule has 1 aromatic heterocycles. The van der Waals surface area contributed by atoms with E-state index in [-0.39, 0.29) is 11.4 Å². The summed E-state index contributed by atoms with van der Waals surface area (Å²) in [6.07, 6.45) is 0. The Morgan fingerprint density at radius 2 is 1.92 bits per heavy atom. The zero-order valence-electron chi connectivity index (χ0n) is 12.3. The number of nitrogens with zero attached hydrogens (tertiary/aromatic N) is 1. The molecule has 0 bridgehead atoms. The average molecular weight is 342 g/mol. The number of para-hydroxylation sites is 1. The van der Waals surface area contributed by atoms with Crippen LogP contribution in [0.25, 0.3) is 11.0 Å². The summed E-state index contributed by atoms with van der Waals surface area (Å²) >= 11 is 5.83. The lowest BCUT2D eigenvalue weighted by Crippen LogP contribution is -2.27. The predicted molar refractivity (Wildman–Crippen MR) is 92.1 cm³/mol. The number of carbonyl (C=O) groups is 1. The van der Waals surface area contributed by atoms with E-state index in [9.17, 15) is 9.59 Å². The van der Waals surface area contributed by atoms with Crippen molar-refractivity contribution in [2.45, 2.75) is 0 Å². The summed E-state index contributed by atoms with van der Waals surface area (Å²) < 4.78 is 5.17. The molecule has 0 aliphatic carbocycles. The van der Waals surface area contributed by atoms with Crippen molar-refractivity contribution >= 4 is 34.3 Å². The molecule has 1 heterocycles. The number of benzene rings is 2. The van der Waals surface area contributed by atoms with Crippen LogP contribution in [0, 0.1) is 0 Å². The Labute approximate surface area is 141 Å². The first-order valence-corrected chi connectivity index (χ1v) is 7.35. The number of rotatable bonds is 3. The number of hydrazone groups is 1. The van der Waals surface area contributed by atoms with Crippen LogP contribution in [-0.2, 0) is 0 Å². The van der Waals surface area contributed by atoms with Crippen LogP contribution in [-0.4, -0.2) is 11.7 Å². The molecule has 3 rings (SSSR count). The second-order valence-corrected chi connectivity index (χ2v) is 5.37. The van der Waals surface area contributed by atoms with E-state index in [1.165, 1.54) is 6.07 Å². The van der Waals surface area contributed by atoms with E-state index in [2.05, 4.69) is 10.5 Å². The molecule has 120 valence electrons. The van der Waals surface area contributed by atoms with Crippen LogP contribution in [0.5, 0.6) is 0 Å². The Kier molecular flexibility index (Phi) is 4.31. The van der Waals surface area contributed by atoms with Crippen molar-refractivity contribution in [2.24, 2.45) is 10.8 Å². The number of carbonyl (C=O) groups excluding carboxylic acids is 1. The fraction of sp³-hybridized carbons (Fsp3) is 0. The second-order valence-electron chi connectivity index (χ2n) is 4.93. The number of amidine groups is 1. The van der Waals surface area contributed by atoms with E-state index in [0.29, 0.717) is 21.6 Å². The van der Waals surface area contributed by atoms with Crippen LogP contribution in [0.2, 0.25) is 5.02 Å². The van der Waals surface area contributed by atoms with Crippen LogP contribution < -0.4 is 16.8 Å². The highest BCUT2D eigenvalue weighted by molar-refractivity contribution is 6.30. The number of halogens is 1. The van der Waals surface area contributed by atoms with Crippen molar-refractivity contribution in [3.63, 3.8) is 0 Å². The molecular weight excluding hydrogens is 330 g/mol. The largest absolute Gasteiger partial charge is 0.422 e. The predicted octanol–water partition coefficient (Wildman–Crippen LogP) is 2.50. The fourth-order valence-corrected chi connectivity index (χ4v) is 2.30. The summed E-state index contributed by atoms with van der Waals surface area (Å²) in [6.45, 7) is 0. The molecule has 0 saturated carbocycles. The third kappa shape index (κ3) is 3.28. The van der Waals surface area contributed by atoms with Crippen molar-refractivity contribution in [1.82, 2.24) is 5.43 Å². The molecule has 0 saturated heterocycles. The Morgan fingerprint density at radius 3 is 2.71 bits per heavy atom. The Hall–Kier alpha value is -3.12. The van der Waals surface area contributed by atoms with Gasteiger partial charge < -0.3 is 10.2 Å². The van der Waals surface area contributed by atoms with E-state index in [1.54, 1.807) is 48.5 Å². The monoisotopic (exact) mass is 341 g/mol. The molecular formula is C17H12ClN3O3. The SMILES string of the molecule is N/C(=N\NC(=O)c1cccc(Cl)c1)c1cc2ccccc2oc1=O. The summed E-state index contributed by atoms with van der Waals surface area (Å²) in [4.78, 5) is 24.0. The van der Waals surface area contributed by atoms with E-state index >= 15 is 0 Å². The molecule has 0 aliphatic rings. The molecule has 0 spiro atoms. The Bertz CT molecular complexity index is 1010. The van der Waals surface area contributed by atoms with Gasteiger partial charge in [0.15, 0.2) is 5.84 Å². The van der Waals surface area contributed by atoms with Crippen molar-refractivity contribution in [2.75, 3.05) is 0 Å². The first-order chi connectivity index (χ1) is 11.5. The van der Waals surface area contributed by atoms with Gasteiger partial charge in [-0.05, 0) is 30.3 Å². The van der Waals surface area contributed by atoms with E-state index < -0.39 is 11.5 Å². The lowest BCUT2D eigenvalue weighted by Gasteiger charge is -2.03. The molecule has 0 unspecified atom stereocenters. The standard InChI is InChI=1S/C17H12ClN3O3/c18-12-6-3-5-11(8-12)16(22)21-20-15(19)13-9-10-4-1-2-7-14(10)24-17(13)23/h1-9H,(H2,19,20)(H,21,22). The lowest BCUT2D eigenvalue weighted by molar-refractivity contribution is 0.0955. The lowest BCUT2D eigenvalue weighted by atomic mass is 10.2. The summed E-state index contributed by atoms with van der Waals surface area (Å²) in [5, 5.41) is 4.89. The fourth-order valence-electron chi connectivity index (χ4n) is 2.11. The van der Waals surface area contributed by atoms with E-state index in [0.717, 1.165) is 0 Å². The molecule has 0 fully saturated rings. The quantitative estimate of drug-likeness (QED) is 0.331. The highest BCUT2D eigenvalue weighted by Crippen LogP contribution is 2.13. The first-order valence-electron chi connectivity index (χ1n) is 6.97. The van der Waals surface area contributed by atoms with Gasteiger partial charge in [-0.3, -0.25) is 4.79 Å². The van der Waals surface area contributed by atoms with Gasteiger partial charge in [-0.2, -0.15) is 5.10 Å². The number of hydrogen-bond donors (Lipinski definition) is 2. The van der Waals surface area contributed by atoms with Gasteiger partial charge in [0, 0.05) is 16.0 Å². The number of nitrogens with one attached hydrogen (secondary N) is 1. The minimum Gasteiger partial charge on any atom is -0.422 e. The van der Waals surface area contributed by atoms with Gasteiger partial charge in [0.1, 0.15) is 11.1 Å². The van der Waals surface area contributed by atoms with Crippen LogP contribution in [0.15, 0.2) is 68.9 Å². The van der Waals surface area contributed by atoms with Gasteiger partial charge in [-0.15, -0.1) is 0 Å². The highest BCUT2D eigenvalue weighted by Gasteiger charge is 2.10. The first kappa shape index (κ1) is 15.8. The molecule has 24 heavy (non-hydrogen) atoms. The third-order valence-corrected chi connectivity index (χ3v) is 3.52. The minimum atomic E-state index is -0.632. The van der Waals surface area contributed by atoms with Crippen molar-refractivity contribution in [3.8, 4) is 0 Å². The number of amides is 1. The van der Waals surface area contributed by atoms with Crippen LogP contribution in [0.1, 0.15) is 15.9 Å². The number of fused-ring (bicyclic) bond motifs is 1. The molecule has 6 nitrogen and oxygen atoms in total.